The maximum Gasteiger partial charge on any atom is 0.425 e. The van der Waals surface area contributed by atoms with Crippen LogP contribution in [0.4, 0.5) is 0 Å². The van der Waals surface area contributed by atoms with Crippen molar-refractivity contribution >= 4 is 11.9 Å². The van der Waals surface area contributed by atoms with Crippen LogP contribution in [0.15, 0.2) is 70.2 Å². The minimum Gasteiger partial charge on any atom is -0.494 e. The Morgan fingerprint density at radius 2 is 1.65 bits per heavy atom. The summed E-state index contributed by atoms with van der Waals surface area (Å²) < 4.78 is 25.7. The zero-order valence-corrected chi connectivity index (χ0v) is 20.1. The number of aromatic nitrogens is 4. The molecule has 11 heteroatoms. The molecule has 0 N–H and O–H groups in total. The second kappa shape index (κ2) is 12.2. The van der Waals surface area contributed by atoms with Gasteiger partial charge in [-0.2, -0.15) is 9.97 Å². The first-order chi connectivity index (χ1) is 18.0. The van der Waals surface area contributed by atoms with Gasteiger partial charge in [-0.3, -0.25) is 9.32 Å². The van der Waals surface area contributed by atoms with Crippen LogP contribution in [-0.4, -0.2) is 45.4 Å². The summed E-state index contributed by atoms with van der Waals surface area (Å²) in [6, 6.07) is 14.9. The first kappa shape index (κ1) is 25.3. The average molecular weight is 504 g/mol. The van der Waals surface area contributed by atoms with Crippen molar-refractivity contribution in [1.29, 1.82) is 0 Å². The molecule has 0 unspecified atom stereocenters. The average Bonchev–Trinajstić information content (AvgIpc) is 3.56. The van der Waals surface area contributed by atoms with Crippen molar-refractivity contribution in [2.45, 2.75) is 26.2 Å². The Kier molecular flexibility index (Phi) is 8.37. The van der Waals surface area contributed by atoms with E-state index in [9.17, 15) is 9.59 Å². The maximum atomic E-state index is 11.0. The lowest BCUT2D eigenvalue weighted by atomic mass is 10.1. The topological polar surface area (TPSA) is 140 Å². The highest BCUT2D eigenvalue weighted by Gasteiger charge is 2.13. The number of nitrogens with zero attached hydrogens (tertiary/aromatic N) is 4. The number of carbonyl (C=O) groups is 2. The van der Waals surface area contributed by atoms with Gasteiger partial charge < -0.3 is 18.7 Å². The molecule has 0 radical (unpaired) electrons. The van der Waals surface area contributed by atoms with Gasteiger partial charge in [-0.25, -0.2) is 4.79 Å². The van der Waals surface area contributed by atoms with E-state index < -0.39 is 11.9 Å². The third-order valence-electron chi connectivity index (χ3n) is 5.00. The molecule has 37 heavy (non-hydrogen) atoms. The largest absolute Gasteiger partial charge is 0.494 e. The van der Waals surface area contributed by atoms with Gasteiger partial charge in [0, 0.05) is 30.5 Å². The summed E-state index contributed by atoms with van der Waals surface area (Å²) in [5, 5.41) is 7.87. The van der Waals surface area contributed by atoms with Gasteiger partial charge in [-0.05, 0) is 54.8 Å². The van der Waals surface area contributed by atoms with Gasteiger partial charge in [0.2, 0.25) is 5.82 Å². The normalized spacial score (nSPS) is 10.6. The Bertz CT molecular complexity index is 1340. The van der Waals surface area contributed by atoms with Crippen molar-refractivity contribution in [3.63, 3.8) is 0 Å². The lowest BCUT2D eigenvalue weighted by Gasteiger charge is -2.06. The van der Waals surface area contributed by atoms with E-state index in [0.29, 0.717) is 49.3 Å². The fourth-order valence-corrected chi connectivity index (χ4v) is 3.21. The number of esters is 2. The molecule has 0 saturated carbocycles. The third-order valence-corrected chi connectivity index (χ3v) is 5.00. The van der Waals surface area contributed by atoms with Crippen molar-refractivity contribution in [3.8, 4) is 34.7 Å². The summed E-state index contributed by atoms with van der Waals surface area (Å²) in [7, 11) is 0. The number of rotatable bonds is 12. The lowest BCUT2D eigenvalue weighted by Crippen LogP contribution is -2.04. The van der Waals surface area contributed by atoms with Crippen molar-refractivity contribution in [2.24, 2.45) is 0 Å². The van der Waals surface area contributed by atoms with E-state index in [-0.39, 0.29) is 6.08 Å². The first-order valence-corrected chi connectivity index (χ1v) is 11.5. The Morgan fingerprint density at radius 1 is 0.919 bits per heavy atom. The molecule has 0 atom stereocenters. The molecular formula is C26H24N4O7. The molecule has 4 aromatic rings. The van der Waals surface area contributed by atoms with E-state index in [1.54, 1.807) is 0 Å². The molecule has 2 aromatic heterocycles. The Labute approximate surface area is 212 Å². The number of unbranched alkanes of at least 4 members (excludes halogenated alkanes) is 1. The standard InChI is InChI=1S/C26H24N4O7/c1-3-23(32)34-15-5-4-14-33-21-12-10-19(11-13-21)24-28-25(36-30-24)20-8-6-18(7-9-20)16-22-27-26(37-29-22)35-17(2)31/h3,6-13H,1,4-5,14-16H2,2H3. The number of ether oxygens (including phenoxy) is 3. The smallest absolute Gasteiger partial charge is 0.425 e. The van der Waals surface area contributed by atoms with Crippen LogP contribution in [0.5, 0.6) is 11.8 Å². The summed E-state index contributed by atoms with van der Waals surface area (Å²) in [5.41, 5.74) is 2.47. The molecule has 0 aliphatic heterocycles. The van der Waals surface area contributed by atoms with Crippen molar-refractivity contribution in [2.75, 3.05) is 13.2 Å². The van der Waals surface area contributed by atoms with E-state index in [4.69, 9.17) is 23.3 Å². The highest BCUT2D eigenvalue weighted by Crippen LogP contribution is 2.25. The maximum absolute atomic E-state index is 11.0. The van der Waals surface area contributed by atoms with E-state index in [0.717, 1.165) is 29.2 Å². The fraction of sp³-hybridized carbons (Fsp3) is 0.231. The van der Waals surface area contributed by atoms with Crippen LogP contribution in [-0.2, 0) is 20.7 Å². The second-order valence-electron chi connectivity index (χ2n) is 7.82. The predicted octanol–water partition coefficient (Wildman–Crippen LogP) is 4.19. The fourth-order valence-electron chi connectivity index (χ4n) is 3.21. The molecule has 0 amide bonds. The number of hydrogen-bond donors (Lipinski definition) is 0. The van der Waals surface area contributed by atoms with Crippen LogP contribution < -0.4 is 9.47 Å². The monoisotopic (exact) mass is 504 g/mol. The van der Waals surface area contributed by atoms with E-state index in [1.807, 2.05) is 48.5 Å². The summed E-state index contributed by atoms with van der Waals surface area (Å²) in [4.78, 5) is 30.5. The predicted molar refractivity (Wildman–Crippen MR) is 129 cm³/mol. The zero-order valence-electron chi connectivity index (χ0n) is 20.1. The summed E-state index contributed by atoms with van der Waals surface area (Å²) in [6.07, 6.45) is 2.83. The molecule has 0 saturated heterocycles. The Morgan fingerprint density at radius 3 is 2.38 bits per heavy atom. The van der Waals surface area contributed by atoms with Crippen molar-refractivity contribution in [1.82, 2.24) is 20.3 Å². The van der Waals surface area contributed by atoms with E-state index >= 15 is 0 Å². The van der Waals surface area contributed by atoms with Crippen LogP contribution in [0.3, 0.4) is 0 Å². The number of carbonyl (C=O) groups excluding carboxylic acids is 2. The molecule has 0 bridgehead atoms. The van der Waals surface area contributed by atoms with Gasteiger partial charge in [0.25, 0.3) is 5.89 Å². The van der Waals surface area contributed by atoms with Crippen molar-refractivity contribution < 1.29 is 32.8 Å². The van der Waals surface area contributed by atoms with Crippen LogP contribution in [0.1, 0.15) is 31.2 Å². The molecule has 2 heterocycles. The minimum atomic E-state index is -0.528. The Balaban J connectivity index is 1.28. The van der Waals surface area contributed by atoms with Crippen molar-refractivity contribution in [3.05, 3.63) is 72.6 Å². The molecule has 0 spiro atoms. The molecule has 2 aromatic carbocycles. The van der Waals surface area contributed by atoms with Crippen LogP contribution >= 0.6 is 0 Å². The Hall–Kier alpha value is -4.80. The minimum absolute atomic E-state index is 0.180. The molecule has 190 valence electrons. The summed E-state index contributed by atoms with van der Waals surface area (Å²) in [6.45, 7) is 5.46. The SMILES string of the molecule is C=CC(=O)OCCCCOc1ccc(-c2noc(-c3ccc(Cc4noc(OC(C)=O)n4)cc3)n2)cc1. The zero-order chi connectivity index (χ0) is 26.0. The quantitative estimate of drug-likeness (QED) is 0.156. The molecule has 4 rings (SSSR count). The van der Waals surface area contributed by atoms with E-state index in [1.165, 1.54) is 6.92 Å². The molecule has 11 nitrogen and oxygen atoms in total. The lowest BCUT2D eigenvalue weighted by molar-refractivity contribution is -0.138. The number of benzene rings is 2. The molecule has 0 aliphatic rings. The third kappa shape index (κ3) is 7.34. The number of hydrogen-bond acceptors (Lipinski definition) is 11. The first-order valence-electron chi connectivity index (χ1n) is 11.5. The van der Waals surface area contributed by atoms with E-state index in [2.05, 4.69) is 26.9 Å². The van der Waals surface area contributed by atoms with Gasteiger partial charge in [-0.15, -0.1) is 0 Å². The highest BCUT2D eigenvalue weighted by molar-refractivity contribution is 5.81. The van der Waals surface area contributed by atoms with Crippen LogP contribution in [0.2, 0.25) is 0 Å². The van der Waals surface area contributed by atoms with Crippen LogP contribution in [0, 0.1) is 0 Å². The van der Waals surface area contributed by atoms with Crippen LogP contribution in [0.25, 0.3) is 22.8 Å². The highest BCUT2D eigenvalue weighted by atomic mass is 16.7. The van der Waals surface area contributed by atoms with Gasteiger partial charge in [0.05, 0.1) is 13.2 Å². The molecular weight excluding hydrogens is 480 g/mol. The van der Waals surface area contributed by atoms with Gasteiger partial charge in [0.15, 0.2) is 5.82 Å². The summed E-state index contributed by atoms with van der Waals surface area (Å²) in [5.74, 6) is 1.00. The molecule has 0 fully saturated rings. The second-order valence-corrected chi connectivity index (χ2v) is 7.82. The summed E-state index contributed by atoms with van der Waals surface area (Å²) >= 11 is 0. The van der Waals surface area contributed by atoms with Gasteiger partial charge in [0.1, 0.15) is 5.75 Å². The van der Waals surface area contributed by atoms with Gasteiger partial charge >= 0.3 is 18.0 Å². The van der Waals surface area contributed by atoms with Gasteiger partial charge in [-0.1, -0.05) is 29.0 Å². The molecule has 0 aliphatic carbocycles.